The predicted octanol–water partition coefficient (Wildman–Crippen LogP) is -0.141. The fraction of sp³-hybridized carbons (Fsp3) is 0.545. The average Bonchev–Trinajstić information content (AvgIpc) is 2.75. The molecule has 88 valence electrons. The monoisotopic (exact) mass is 224 g/mol. The molecule has 2 unspecified atom stereocenters. The number of hydrogen-bond donors (Lipinski definition) is 1. The molecule has 2 heterocycles. The number of ether oxygens (including phenoxy) is 2. The van der Waals surface area contributed by atoms with E-state index < -0.39 is 0 Å². The minimum Gasteiger partial charge on any atom is -0.492 e. The van der Waals surface area contributed by atoms with Gasteiger partial charge in [-0.05, 0) is 26.2 Å². The molecule has 0 fully saturated rings. The van der Waals surface area contributed by atoms with Crippen LogP contribution in [0.15, 0.2) is 24.1 Å². The van der Waals surface area contributed by atoms with Crippen molar-refractivity contribution in [2.75, 3.05) is 27.2 Å². The Balaban J connectivity index is 1.78. The highest BCUT2D eigenvalue weighted by Gasteiger charge is 2.32. The van der Waals surface area contributed by atoms with Gasteiger partial charge in [0.25, 0.3) is 0 Å². The van der Waals surface area contributed by atoms with Crippen molar-refractivity contribution in [2.24, 2.45) is 0 Å². The molecule has 0 aromatic heterocycles. The zero-order valence-electron chi connectivity index (χ0n) is 9.47. The van der Waals surface area contributed by atoms with Crippen molar-refractivity contribution in [3.8, 4) is 0 Å². The number of hydrogen-bond acceptors (Lipinski definition) is 5. The van der Waals surface area contributed by atoms with Gasteiger partial charge in [0, 0.05) is 6.54 Å². The standard InChI is InChI=1S/C11H16N2O3/c1-13(2)4-6-16-11(14)9-7-10-8(12-9)3-5-15-10/h3,5,7-8,10,12H,4,6H2,1-2H3. The summed E-state index contributed by atoms with van der Waals surface area (Å²) >= 11 is 0. The zero-order valence-corrected chi connectivity index (χ0v) is 9.47. The Morgan fingerprint density at radius 3 is 3.12 bits per heavy atom. The Bertz CT molecular complexity index is 336. The smallest absolute Gasteiger partial charge is 0.354 e. The van der Waals surface area contributed by atoms with Crippen molar-refractivity contribution in [1.29, 1.82) is 0 Å². The number of nitrogens with one attached hydrogen (secondary N) is 1. The largest absolute Gasteiger partial charge is 0.492 e. The van der Waals surface area contributed by atoms with E-state index in [-0.39, 0.29) is 18.1 Å². The van der Waals surface area contributed by atoms with Crippen LogP contribution in [0.2, 0.25) is 0 Å². The summed E-state index contributed by atoms with van der Waals surface area (Å²) in [6, 6.07) is 0.0800. The first-order valence-corrected chi connectivity index (χ1v) is 5.29. The molecular weight excluding hydrogens is 208 g/mol. The van der Waals surface area contributed by atoms with E-state index in [4.69, 9.17) is 9.47 Å². The summed E-state index contributed by atoms with van der Waals surface area (Å²) in [5, 5.41) is 3.05. The molecule has 0 aliphatic carbocycles. The van der Waals surface area contributed by atoms with Gasteiger partial charge in [0.05, 0.1) is 12.3 Å². The van der Waals surface area contributed by atoms with Gasteiger partial charge in [0.15, 0.2) is 0 Å². The molecule has 2 rings (SSSR count). The van der Waals surface area contributed by atoms with Gasteiger partial charge in [-0.15, -0.1) is 0 Å². The van der Waals surface area contributed by atoms with E-state index in [0.717, 1.165) is 6.54 Å². The Hall–Kier alpha value is -1.49. The summed E-state index contributed by atoms with van der Waals surface area (Å²) in [5.74, 6) is -0.312. The van der Waals surface area contributed by atoms with E-state index in [1.807, 2.05) is 25.1 Å². The third-order valence-corrected chi connectivity index (χ3v) is 2.52. The molecule has 0 saturated carbocycles. The van der Waals surface area contributed by atoms with Crippen molar-refractivity contribution >= 4 is 5.97 Å². The number of likely N-dealkylation sites (N-methyl/N-ethyl adjacent to an activating group) is 1. The summed E-state index contributed by atoms with van der Waals surface area (Å²) < 4.78 is 10.4. The van der Waals surface area contributed by atoms with E-state index in [1.165, 1.54) is 0 Å². The quantitative estimate of drug-likeness (QED) is 0.674. The topological polar surface area (TPSA) is 50.8 Å². The minimum absolute atomic E-state index is 0.0589. The SMILES string of the molecule is CN(C)CCOC(=O)C1=CC2OC=CC2N1. The first-order valence-electron chi connectivity index (χ1n) is 5.29. The lowest BCUT2D eigenvalue weighted by Crippen LogP contribution is -2.30. The van der Waals surface area contributed by atoms with Crippen molar-refractivity contribution in [3.05, 3.63) is 24.1 Å². The molecule has 1 N–H and O–H groups in total. The molecule has 2 aliphatic rings. The second-order valence-electron chi connectivity index (χ2n) is 4.12. The van der Waals surface area contributed by atoms with Crippen molar-refractivity contribution in [3.63, 3.8) is 0 Å². The third-order valence-electron chi connectivity index (χ3n) is 2.52. The highest BCUT2D eigenvalue weighted by atomic mass is 16.5. The maximum Gasteiger partial charge on any atom is 0.354 e. The van der Waals surface area contributed by atoms with Crippen LogP contribution in [-0.4, -0.2) is 50.3 Å². The van der Waals surface area contributed by atoms with E-state index in [9.17, 15) is 4.79 Å². The first kappa shape index (κ1) is 11.0. The normalized spacial score (nSPS) is 26.1. The first-order chi connectivity index (χ1) is 7.66. The second-order valence-corrected chi connectivity index (χ2v) is 4.12. The fourth-order valence-corrected chi connectivity index (χ4v) is 1.61. The average molecular weight is 224 g/mol. The minimum atomic E-state index is -0.312. The lowest BCUT2D eigenvalue weighted by Gasteiger charge is -2.11. The van der Waals surface area contributed by atoms with Crippen molar-refractivity contribution < 1.29 is 14.3 Å². The highest BCUT2D eigenvalue weighted by molar-refractivity contribution is 5.88. The van der Waals surface area contributed by atoms with Gasteiger partial charge in [-0.3, -0.25) is 0 Å². The van der Waals surface area contributed by atoms with Gasteiger partial charge >= 0.3 is 5.97 Å². The fourth-order valence-electron chi connectivity index (χ4n) is 1.61. The van der Waals surface area contributed by atoms with Crippen molar-refractivity contribution in [1.82, 2.24) is 10.2 Å². The van der Waals surface area contributed by atoms with Gasteiger partial charge in [0.2, 0.25) is 0 Å². The molecule has 5 heteroatoms. The Morgan fingerprint density at radius 2 is 2.44 bits per heavy atom. The summed E-state index contributed by atoms with van der Waals surface area (Å²) in [6.45, 7) is 1.12. The van der Waals surface area contributed by atoms with Gasteiger partial charge in [-0.25, -0.2) is 4.79 Å². The number of esters is 1. The van der Waals surface area contributed by atoms with Crippen LogP contribution in [0.5, 0.6) is 0 Å². The molecule has 0 saturated heterocycles. The number of rotatable bonds is 4. The van der Waals surface area contributed by atoms with Crippen LogP contribution >= 0.6 is 0 Å². The molecule has 16 heavy (non-hydrogen) atoms. The van der Waals surface area contributed by atoms with Crippen LogP contribution in [0.1, 0.15) is 0 Å². The Kier molecular flexibility index (Phi) is 3.14. The van der Waals surface area contributed by atoms with Gasteiger partial charge < -0.3 is 19.7 Å². The lowest BCUT2D eigenvalue weighted by molar-refractivity contribution is -0.139. The Labute approximate surface area is 94.7 Å². The molecule has 0 amide bonds. The lowest BCUT2D eigenvalue weighted by atomic mass is 10.2. The molecular formula is C11H16N2O3. The van der Waals surface area contributed by atoms with Crippen LogP contribution in [0.4, 0.5) is 0 Å². The number of carbonyl (C=O) groups excluding carboxylic acids is 1. The molecule has 0 aromatic rings. The van der Waals surface area contributed by atoms with Gasteiger partial charge in [-0.2, -0.15) is 0 Å². The van der Waals surface area contributed by atoms with E-state index >= 15 is 0 Å². The van der Waals surface area contributed by atoms with Gasteiger partial charge in [-0.1, -0.05) is 0 Å². The van der Waals surface area contributed by atoms with Crippen LogP contribution in [0.25, 0.3) is 0 Å². The zero-order chi connectivity index (χ0) is 11.5. The summed E-state index contributed by atoms with van der Waals surface area (Å²) in [7, 11) is 3.87. The molecule has 5 nitrogen and oxygen atoms in total. The summed E-state index contributed by atoms with van der Waals surface area (Å²) in [6.07, 6.45) is 5.24. The maximum absolute atomic E-state index is 11.6. The summed E-state index contributed by atoms with van der Waals surface area (Å²) in [4.78, 5) is 13.6. The van der Waals surface area contributed by atoms with Crippen LogP contribution in [-0.2, 0) is 14.3 Å². The van der Waals surface area contributed by atoms with E-state index in [2.05, 4.69) is 5.32 Å². The predicted molar refractivity (Wildman–Crippen MR) is 58.5 cm³/mol. The molecule has 0 bridgehead atoms. The Morgan fingerprint density at radius 1 is 1.62 bits per heavy atom. The number of fused-ring (bicyclic) bond motifs is 1. The van der Waals surface area contributed by atoms with E-state index in [0.29, 0.717) is 12.3 Å². The van der Waals surface area contributed by atoms with E-state index in [1.54, 1.807) is 12.3 Å². The van der Waals surface area contributed by atoms with Crippen LogP contribution < -0.4 is 5.32 Å². The molecule has 2 atom stereocenters. The molecule has 0 aromatic carbocycles. The second kappa shape index (κ2) is 4.57. The van der Waals surface area contributed by atoms with Crippen LogP contribution in [0.3, 0.4) is 0 Å². The number of carbonyl (C=O) groups is 1. The molecule has 0 spiro atoms. The van der Waals surface area contributed by atoms with Gasteiger partial charge in [0.1, 0.15) is 18.4 Å². The highest BCUT2D eigenvalue weighted by Crippen LogP contribution is 2.20. The molecule has 2 aliphatic heterocycles. The maximum atomic E-state index is 11.6. The van der Waals surface area contributed by atoms with Crippen LogP contribution in [0, 0.1) is 0 Å². The number of nitrogens with zero attached hydrogens (tertiary/aromatic N) is 1. The summed E-state index contributed by atoms with van der Waals surface area (Å²) in [5.41, 5.74) is 0.498. The van der Waals surface area contributed by atoms with Crippen molar-refractivity contribution in [2.45, 2.75) is 12.1 Å². The third kappa shape index (κ3) is 2.36. The molecule has 0 radical (unpaired) electrons.